The lowest BCUT2D eigenvalue weighted by Gasteiger charge is -2.14. The van der Waals surface area contributed by atoms with Gasteiger partial charge in [-0.1, -0.05) is 13.0 Å². The fraction of sp³-hybridized carbons (Fsp3) is 0.538. The Morgan fingerprint density at radius 3 is 2.69 bits per heavy atom. The highest BCUT2D eigenvalue weighted by atomic mass is 16.5. The van der Waals surface area contributed by atoms with Crippen molar-refractivity contribution in [1.29, 1.82) is 0 Å². The monoisotopic (exact) mass is 224 g/mol. The van der Waals surface area contributed by atoms with Crippen LogP contribution in [0.2, 0.25) is 0 Å². The number of hydrogen-bond donors (Lipinski definition) is 1. The largest absolute Gasteiger partial charge is 0.496 e. The van der Waals surface area contributed by atoms with Crippen LogP contribution in [0.25, 0.3) is 0 Å². The van der Waals surface area contributed by atoms with E-state index in [9.17, 15) is 0 Å². The summed E-state index contributed by atoms with van der Waals surface area (Å²) in [7, 11) is 1.64. The molecule has 16 heavy (non-hydrogen) atoms. The fourth-order valence-corrected chi connectivity index (χ4v) is 1.39. The average Bonchev–Trinajstić information content (AvgIpc) is 2.35. The van der Waals surface area contributed by atoms with E-state index >= 15 is 0 Å². The summed E-state index contributed by atoms with van der Waals surface area (Å²) in [5.74, 6) is 0.806. The van der Waals surface area contributed by atoms with E-state index in [-0.39, 0.29) is 12.7 Å². The SMILES string of the molecule is CCC(C)OCc1cc(CO)ccc1OC. The molecule has 0 aliphatic rings. The zero-order valence-electron chi connectivity index (χ0n) is 10.2. The van der Waals surface area contributed by atoms with E-state index in [1.54, 1.807) is 7.11 Å². The van der Waals surface area contributed by atoms with Crippen LogP contribution in [0.15, 0.2) is 18.2 Å². The van der Waals surface area contributed by atoms with Gasteiger partial charge in [0.2, 0.25) is 0 Å². The van der Waals surface area contributed by atoms with Gasteiger partial charge in [0.1, 0.15) is 5.75 Å². The maximum absolute atomic E-state index is 9.07. The van der Waals surface area contributed by atoms with Crippen molar-refractivity contribution in [2.24, 2.45) is 0 Å². The molecule has 0 fully saturated rings. The van der Waals surface area contributed by atoms with Gasteiger partial charge in [0, 0.05) is 5.56 Å². The van der Waals surface area contributed by atoms with Crippen LogP contribution < -0.4 is 4.74 Å². The third-order valence-corrected chi connectivity index (χ3v) is 2.63. The second-order valence-electron chi connectivity index (χ2n) is 3.83. The maximum atomic E-state index is 9.07. The van der Waals surface area contributed by atoms with E-state index in [1.165, 1.54) is 0 Å². The number of rotatable bonds is 6. The first-order valence-electron chi connectivity index (χ1n) is 5.59. The molecule has 1 rings (SSSR count). The predicted molar refractivity (Wildman–Crippen MR) is 63.5 cm³/mol. The Hall–Kier alpha value is -1.06. The molecule has 0 saturated carbocycles. The first kappa shape index (κ1) is 13.0. The van der Waals surface area contributed by atoms with Gasteiger partial charge in [-0.05, 0) is 31.0 Å². The Morgan fingerprint density at radius 1 is 1.38 bits per heavy atom. The van der Waals surface area contributed by atoms with Crippen molar-refractivity contribution in [3.05, 3.63) is 29.3 Å². The molecule has 0 aliphatic heterocycles. The van der Waals surface area contributed by atoms with Crippen LogP contribution >= 0.6 is 0 Å². The van der Waals surface area contributed by atoms with Gasteiger partial charge in [-0.15, -0.1) is 0 Å². The number of aliphatic hydroxyl groups is 1. The van der Waals surface area contributed by atoms with Gasteiger partial charge >= 0.3 is 0 Å². The summed E-state index contributed by atoms with van der Waals surface area (Å²) >= 11 is 0. The Balaban J connectivity index is 2.75. The standard InChI is InChI=1S/C13H20O3/c1-4-10(2)16-9-12-7-11(8-14)5-6-13(12)15-3/h5-7,10,14H,4,8-9H2,1-3H3. The molecule has 0 radical (unpaired) electrons. The van der Waals surface area contributed by atoms with Crippen molar-refractivity contribution in [2.45, 2.75) is 39.6 Å². The Kier molecular flexibility index (Phi) is 5.29. The predicted octanol–water partition coefficient (Wildman–Crippen LogP) is 2.50. The molecule has 1 aromatic rings. The van der Waals surface area contributed by atoms with E-state index in [0.717, 1.165) is 23.3 Å². The van der Waals surface area contributed by atoms with Crippen LogP contribution in [0.1, 0.15) is 31.4 Å². The summed E-state index contributed by atoms with van der Waals surface area (Å²) < 4.78 is 10.9. The molecule has 0 spiro atoms. The van der Waals surface area contributed by atoms with Gasteiger partial charge in [0.05, 0.1) is 26.4 Å². The molecular weight excluding hydrogens is 204 g/mol. The fourth-order valence-electron chi connectivity index (χ4n) is 1.39. The van der Waals surface area contributed by atoms with Gasteiger partial charge in [0.15, 0.2) is 0 Å². The average molecular weight is 224 g/mol. The smallest absolute Gasteiger partial charge is 0.124 e. The second kappa shape index (κ2) is 6.51. The zero-order valence-corrected chi connectivity index (χ0v) is 10.2. The summed E-state index contributed by atoms with van der Waals surface area (Å²) in [6.07, 6.45) is 1.23. The molecule has 1 atom stereocenters. The summed E-state index contributed by atoms with van der Waals surface area (Å²) in [6, 6.07) is 5.63. The van der Waals surface area contributed by atoms with E-state index in [1.807, 2.05) is 25.1 Å². The minimum atomic E-state index is 0.0420. The van der Waals surface area contributed by atoms with Crippen molar-refractivity contribution in [3.8, 4) is 5.75 Å². The Morgan fingerprint density at radius 2 is 2.12 bits per heavy atom. The van der Waals surface area contributed by atoms with Crippen molar-refractivity contribution >= 4 is 0 Å². The number of hydrogen-bond acceptors (Lipinski definition) is 3. The lowest BCUT2D eigenvalue weighted by atomic mass is 10.1. The summed E-state index contributed by atoms with van der Waals surface area (Å²) in [5.41, 5.74) is 1.86. The van der Waals surface area contributed by atoms with E-state index < -0.39 is 0 Å². The third kappa shape index (κ3) is 3.51. The second-order valence-corrected chi connectivity index (χ2v) is 3.83. The van der Waals surface area contributed by atoms with Crippen LogP contribution in [0.4, 0.5) is 0 Å². The highest BCUT2D eigenvalue weighted by molar-refractivity contribution is 5.36. The number of benzene rings is 1. The Bertz CT molecular complexity index is 323. The molecule has 3 heteroatoms. The van der Waals surface area contributed by atoms with Gasteiger partial charge < -0.3 is 14.6 Å². The molecule has 1 N–H and O–H groups in total. The molecule has 1 unspecified atom stereocenters. The van der Waals surface area contributed by atoms with Gasteiger partial charge in [-0.3, -0.25) is 0 Å². The number of aliphatic hydroxyl groups excluding tert-OH is 1. The maximum Gasteiger partial charge on any atom is 0.124 e. The van der Waals surface area contributed by atoms with E-state index in [2.05, 4.69) is 6.92 Å². The third-order valence-electron chi connectivity index (χ3n) is 2.63. The van der Waals surface area contributed by atoms with Crippen molar-refractivity contribution in [2.75, 3.05) is 7.11 Å². The van der Waals surface area contributed by atoms with Crippen LogP contribution in [0.5, 0.6) is 5.75 Å². The zero-order chi connectivity index (χ0) is 12.0. The normalized spacial score (nSPS) is 12.5. The summed E-state index contributed by atoms with van der Waals surface area (Å²) in [5, 5.41) is 9.07. The minimum absolute atomic E-state index is 0.0420. The van der Waals surface area contributed by atoms with Crippen molar-refractivity contribution < 1.29 is 14.6 Å². The molecule has 0 amide bonds. The van der Waals surface area contributed by atoms with E-state index in [4.69, 9.17) is 14.6 Å². The summed E-state index contributed by atoms with van der Waals surface area (Å²) in [4.78, 5) is 0. The molecule has 0 heterocycles. The molecule has 0 bridgehead atoms. The molecule has 0 aromatic heterocycles. The minimum Gasteiger partial charge on any atom is -0.496 e. The van der Waals surface area contributed by atoms with E-state index in [0.29, 0.717) is 6.61 Å². The van der Waals surface area contributed by atoms with Crippen LogP contribution in [0, 0.1) is 0 Å². The molecule has 3 nitrogen and oxygen atoms in total. The number of ether oxygens (including phenoxy) is 2. The quantitative estimate of drug-likeness (QED) is 0.807. The van der Waals surface area contributed by atoms with Gasteiger partial charge in [0.25, 0.3) is 0 Å². The van der Waals surface area contributed by atoms with Gasteiger partial charge in [-0.25, -0.2) is 0 Å². The molecule has 90 valence electrons. The van der Waals surface area contributed by atoms with Crippen LogP contribution in [-0.4, -0.2) is 18.3 Å². The van der Waals surface area contributed by atoms with Gasteiger partial charge in [-0.2, -0.15) is 0 Å². The highest BCUT2D eigenvalue weighted by Gasteiger charge is 2.06. The molecule has 1 aromatic carbocycles. The Labute approximate surface area is 97.0 Å². The molecule has 0 aliphatic carbocycles. The topological polar surface area (TPSA) is 38.7 Å². The van der Waals surface area contributed by atoms with Crippen LogP contribution in [-0.2, 0) is 18.0 Å². The lowest BCUT2D eigenvalue weighted by molar-refractivity contribution is 0.0496. The lowest BCUT2D eigenvalue weighted by Crippen LogP contribution is -2.07. The van der Waals surface area contributed by atoms with Crippen molar-refractivity contribution in [1.82, 2.24) is 0 Å². The van der Waals surface area contributed by atoms with Crippen molar-refractivity contribution in [3.63, 3.8) is 0 Å². The summed E-state index contributed by atoms with van der Waals surface area (Å²) in [6.45, 7) is 4.70. The molecule has 0 saturated heterocycles. The molecular formula is C13H20O3. The number of methoxy groups -OCH3 is 1. The first-order valence-corrected chi connectivity index (χ1v) is 5.59. The first-order chi connectivity index (χ1) is 7.71. The highest BCUT2D eigenvalue weighted by Crippen LogP contribution is 2.21. The van der Waals surface area contributed by atoms with Crippen LogP contribution in [0.3, 0.4) is 0 Å².